The summed E-state index contributed by atoms with van der Waals surface area (Å²) in [5.74, 6) is 0. The lowest BCUT2D eigenvalue weighted by molar-refractivity contribution is 0.876. The molecule has 0 heterocycles. The van der Waals surface area contributed by atoms with Gasteiger partial charge in [-0.25, -0.2) is 0 Å². The fraction of sp³-hybridized carbons (Fsp3) is 0.294. The maximum Gasteiger partial charge on any atom is 0.0496 e. The summed E-state index contributed by atoms with van der Waals surface area (Å²) in [6, 6.07) is 13.0. The van der Waals surface area contributed by atoms with E-state index in [-0.39, 0.29) is 6.04 Å². The topological polar surface area (TPSA) is 15.3 Å². The molecule has 0 aliphatic rings. The van der Waals surface area contributed by atoms with Crippen molar-refractivity contribution in [3.8, 4) is 0 Å². The lowest BCUT2D eigenvalue weighted by atomic mass is 10.1. The maximum absolute atomic E-state index is 3.63. The number of halogens is 2. The van der Waals surface area contributed by atoms with Crippen molar-refractivity contribution in [1.29, 1.82) is 0 Å². The van der Waals surface area contributed by atoms with Crippen molar-refractivity contribution in [1.82, 2.24) is 0 Å². The first-order valence-electron chi connectivity index (χ1n) is 6.88. The van der Waals surface area contributed by atoms with Gasteiger partial charge in [-0.05, 0) is 55.3 Å². The van der Waals surface area contributed by atoms with Gasteiger partial charge in [-0.15, -0.1) is 0 Å². The van der Waals surface area contributed by atoms with E-state index in [1.165, 1.54) is 22.5 Å². The van der Waals surface area contributed by atoms with E-state index in [0.29, 0.717) is 0 Å². The zero-order valence-corrected chi connectivity index (χ0v) is 15.9. The van der Waals surface area contributed by atoms with Crippen molar-refractivity contribution in [3.05, 3.63) is 56.5 Å². The van der Waals surface area contributed by atoms with Crippen molar-refractivity contribution in [2.24, 2.45) is 0 Å². The molecular formula is C17H20Br2N2. The van der Waals surface area contributed by atoms with Gasteiger partial charge in [-0.3, -0.25) is 0 Å². The molecule has 2 rings (SSSR count). The second-order valence-electron chi connectivity index (χ2n) is 5.43. The molecule has 0 saturated heterocycles. The van der Waals surface area contributed by atoms with Crippen LogP contribution in [0.25, 0.3) is 0 Å². The van der Waals surface area contributed by atoms with Crippen LogP contribution < -0.4 is 10.2 Å². The molecule has 0 aromatic heterocycles. The van der Waals surface area contributed by atoms with Crippen LogP contribution in [0.1, 0.15) is 24.1 Å². The SMILES string of the molecule is Cc1cc(N(C)C)ccc1NC(C)c1ccc(Br)cc1Br. The summed E-state index contributed by atoms with van der Waals surface area (Å²) in [7, 11) is 4.12. The Hall–Kier alpha value is -1.000. The van der Waals surface area contributed by atoms with Crippen LogP contribution >= 0.6 is 31.9 Å². The summed E-state index contributed by atoms with van der Waals surface area (Å²) in [6.45, 7) is 4.31. The van der Waals surface area contributed by atoms with E-state index in [4.69, 9.17) is 0 Å². The second-order valence-corrected chi connectivity index (χ2v) is 7.20. The van der Waals surface area contributed by atoms with Crippen molar-refractivity contribution in [2.75, 3.05) is 24.3 Å². The molecule has 0 fully saturated rings. The van der Waals surface area contributed by atoms with Gasteiger partial charge in [0.05, 0.1) is 0 Å². The van der Waals surface area contributed by atoms with Gasteiger partial charge in [0.1, 0.15) is 0 Å². The molecule has 112 valence electrons. The summed E-state index contributed by atoms with van der Waals surface area (Å²) in [5.41, 5.74) is 4.88. The van der Waals surface area contributed by atoms with Crippen molar-refractivity contribution in [2.45, 2.75) is 19.9 Å². The van der Waals surface area contributed by atoms with Crippen LogP contribution in [0.5, 0.6) is 0 Å². The van der Waals surface area contributed by atoms with Crippen LogP contribution in [0.4, 0.5) is 11.4 Å². The Balaban J connectivity index is 2.21. The van der Waals surface area contributed by atoms with Gasteiger partial charge in [0.2, 0.25) is 0 Å². The van der Waals surface area contributed by atoms with Crippen LogP contribution in [0.2, 0.25) is 0 Å². The standard InChI is InChI=1S/C17H20Br2N2/c1-11-9-14(21(3)4)6-8-17(11)20-12(2)15-7-5-13(18)10-16(15)19/h5-10,12,20H,1-4H3. The average molecular weight is 412 g/mol. The van der Waals surface area contributed by atoms with Crippen LogP contribution in [0, 0.1) is 6.92 Å². The van der Waals surface area contributed by atoms with Crippen molar-refractivity contribution >= 4 is 43.2 Å². The lowest BCUT2D eigenvalue weighted by Crippen LogP contribution is -2.11. The predicted octanol–water partition coefficient (Wildman–Crippen LogP) is 5.76. The minimum Gasteiger partial charge on any atom is -0.378 e. The number of nitrogens with zero attached hydrogens (tertiary/aromatic N) is 1. The fourth-order valence-corrected chi connectivity index (χ4v) is 3.64. The molecule has 21 heavy (non-hydrogen) atoms. The molecule has 0 bridgehead atoms. The summed E-state index contributed by atoms with van der Waals surface area (Å²) in [5, 5.41) is 3.59. The molecule has 0 aliphatic carbocycles. The van der Waals surface area contributed by atoms with Crippen LogP contribution in [-0.4, -0.2) is 14.1 Å². The number of rotatable bonds is 4. The van der Waals surface area contributed by atoms with Gasteiger partial charge in [-0.1, -0.05) is 37.9 Å². The van der Waals surface area contributed by atoms with Crippen LogP contribution in [0.3, 0.4) is 0 Å². The zero-order valence-electron chi connectivity index (χ0n) is 12.7. The van der Waals surface area contributed by atoms with Gasteiger partial charge in [0.15, 0.2) is 0 Å². The molecular weight excluding hydrogens is 392 g/mol. The predicted molar refractivity (Wildman–Crippen MR) is 99.4 cm³/mol. The molecule has 1 atom stereocenters. The highest BCUT2D eigenvalue weighted by Crippen LogP contribution is 2.30. The van der Waals surface area contributed by atoms with E-state index in [1.807, 2.05) is 0 Å². The Kier molecular flexibility index (Phi) is 5.33. The molecule has 0 saturated carbocycles. The maximum atomic E-state index is 3.63. The summed E-state index contributed by atoms with van der Waals surface area (Å²) in [6.07, 6.45) is 0. The molecule has 1 N–H and O–H groups in total. The largest absolute Gasteiger partial charge is 0.378 e. The molecule has 0 aliphatic heterocycles. The Morgan fingerprint density at radius 1 is 1.05 bits per heavy atom. The van der Waals surface area contributed by atoms with Gasteiger partial charge in [0.25, 0.3) is 0 Å². The van der Waals surface area contributed by atoms with E-state index >= 15 is 0 Å². The number of anilines is 2. The number of benzene rings is 2. The third-order valence-electron chi connectivity index (χ3n) is 3.53. The Bertz CT molecular complexity index is 639. The minimum absolute atomic E-state index is 0.233. The van der Waals surface area contributed by atoms with Crippen LogP contribution in [-0.2, 0) is 0 Å². The lowest BCUT2D eigenvalue weighted by Gasteiger charge is -2.20. The molecule has 4 heteroatoms. The Labute approximate surface area is 143 Å². The molecule has 0 spiro atoms. The van der Waals surface area contributed by atoms with E-state index in [0.717, 1.165) is 8.95 Å². The van der Waals surface area contributed by atoms with Crippen molar-refractivity contribution in [3.63, 3.8) is 0 Å². The summed E-state index contributed by atoms with van der Waals surface area (Å²) in [4.78, 5) is 2.12. The highest BCUT2D eigenvalue weighted by Gasteiger charge is 2.11. The van der Waals surface area contributed by atoms with Gasteiger partial charge >= 0.3 is 0 Å². The van der Waals surface area contributed by atoms with Gasteiger partial charge in [0, 0.05) is 40.5 Å². The Morgan fingerprint density at radius 2 is 1.76 bits per heavy atom. The summed E-state index contributed by atoms with van der Waals surface area (Å²) < 4.78 is 2.19. The number of hydrogen-bond donors (Lipinski definition) is 1. The summed E-state index contributed by atoms with van der Waals surface area (Å²) >= 11 is 7.12. The zero-order chi connectivity index (χ0) is 15.6. The van der Waals surface area contributed by atoms with E-state index in [9.17, 15) is 0 Å². The molecule has 0 amide bonds. The normalized spacial score (nSPS) is 12.1. The fourth-order valence-electron chi connectivity index (χ4n) is 2.25. The first-order valence-corrected chi connectivity index (χ1v) is 8.46. The monoisotopic (exact) mass is 410 g/mol. The van der Waals surface area contributed by atoms with Gasteiger partial charge < -0.3 is 10.2 Å². The third kappa shape index (κ3) is 4.01. The number of aryl methyl sites for hydroxylation is 1. The third-order valence-corrected chi connectivity index (χ3v) is 4.71. The van der Waals surface area contributed by atoms with E-state index < -0.39 is 0 Å². The highest BCUT2D eigenvalue weighted by molar-refractivity contribution is 9.11. The second kappa shape index (κ2) is 6.84. The number of nitrogens with one attached hydrogen (secondary N) is 1. The molecule has 0 radical (unpaired) electrons. The Morgan fingerprint density at radius 3 is 2.33 bits per heavy atom. The number of hydrogen-bond acceptors (Lipinski definition) is 2. The molecule has 2 aromatic carbocycles. The van der Waals surface area contributed by atoms with E-state index in [2.05, 4.69) is 106 Å². The van der Waals surface area contributed by atoms with E-state index in [1.54, 1.807) is 0 Å². The molecule has 1 unspecified atom stereocenters. The quantitative estimate of drug-likeness (QED) is 0.687. The van der Waals surface area contributed by atoms with Crippen molar-refractivity contribution < 1.29 is 0 Å². The average Bonchev–Trinajstić information content (AvgIpc) is 2.40. The first-order chi connectivity index (χ1) is 9.88. The first kappa shape index (κ1) is 16.4. The van der Waals surface area contributed by atoms with Crippen LogP contribution in [0.15, 0.2) is 45.3 Å². The smallest absolute Gasteiger partial charge is 0.0496 e. The minimum atomic E-state index is 0.233. The molecule has 2 nitrogen and oxygen atoms in total. The van der Waals surface area contributed by atoms with Gasteiger partial charge in [-0.2, -0.15) is 0 Å². The molecule has 2 aromatic rings. The highest BCUT2D eigenvalue weighted by atomic mass is 79.9.